The fourth-order valence-electron chi connectivity index (χ4n) is 2.11. The van der Waals surface area contributed by atoms with E-state index in [2.05, 4.69) is 10.6 Å². The summed E-state index contributed by atoms with van der Waals surface area (Å²) < 4.78 is 0. The molecule has 0 atom stereocenters. The molecular formula is C14H16ClN3O4. The third-order valence-corrected chi connectivity index (χ3v) is 3.53. The number of carboxylic acid groups (broad SMARTS) is 1. The van der Waals surface area contributed by atoms with Gasteiger partial charge in [0.15, 0.2) is 0 Å². The zero-order chi connectivity index (χ0) is 16.1. The van der Waals surface area contributed by atoms with Crippen LogP contribution in [0.25, 0.3) is 0 Å². The molecule has 0 bridgehead atoms. The van der Waals surface area contributed by atoms with Crippen LogP contribution in [0.5, 0.6) is 0 Å². The average molecular weight is 326 g/mol. The fraction of sp³-hybridized carbons (Fsp3) is 0.357. The van der Waals surface area contributed by atoms with E-state index in [1.54, 1.807) is 18.2 Å². The van der Waals surface area contributed by atoms with E-state index in [1.807, 2.05) is 0 Å². The molecule has 8 heteroatoms. The zero-order valence-electron chi connectivity index (χ0n) is 11.8. The van der Waals surface area contributed by atoms with E-state index in [-0.39, 0.29) is 24.9 Å². The molecule has 118 valence electrons. The second-order valence-electron chi connectivity index (χ2n) is 4.80. The summed E-state index contributed by atoms with van der Waals surface area (Å²) in [4.78, 5) is 35.6. The minimum atomic E-state index is -0.900. The molecule has 2 rings (SSSR count). The van der Waals surface area contributed by atoms with Gasteiger partial charge in [-0.05, 0) is 24.6 Å². The Hall–Kier alpha value is -2.28. The highest BCUT2D eigenvalue weighted by Gasteiger charge is 2.24. The maximum Gasteiger partial charge on any atom is 0.322 e. The number of urea groups is 1. The van der Waals surface area contributed by atoms with Crippen LogP contribution < -0.4 is 15.5 Å². The van der Waals surface area contributed by atoms with Crippen molar-refractivity contribution in [2.75, 3.05) is 24.5 Å². The first-order valence-electron chi connectivity index (χ1n) is 6.84. The Balaban J connectivity index is 2.03. The number of carbonyl (C=O) groups is 3. The number of nitrogens with one attached hydrogen (secondary N) is 2. The maximum atomic E-state index is 12.0. The van der Waals surface area contributed by atoms with Crippen LogP contribution in [0.1, 0.15) is 23.2 Å². The highest BCUT2D eigenvalue weighted by molar-refractivity contribution is 6.34. The molecule has 1 aliphatic heterocycles. The summed E-state index contributed by atoms with van der Waals surface area (Å²) in [5.74, 6) is -1.23. The van der Waals surface area contributed by atoms with E-state index in [0.29, 0.717) is 35.8 Å². The van der Waals surface area contributed by atoms with Gasteiger partial charge < -0.3 is 15.7 Å². The lowest BCUT2D eigenvalue weighted by atomic mass is 10.1. The van der Waals surface area contributed by atoms with Gasteiger partial charge in [-0.25, -0.2) is 4.79 Å². The molecule has 0 aliphatic carbocycles. The van der Waals surface area contributed by atoms with Crippen LogP contribution in [-0.4, -0.2) is 42.6 Å². The van der Waals surface area contributed by atoms with Crippen molar-refractivity contribution in [3.8, 4) is 0 Å². The van der Waals surface area contributed by atoms with Gasteiger partial charge in [0.1, 0.15) is 0 Å². The van der Waals surface area contributed by atoms with Crippen LogP contribution in [0.15, 0.2) is 18.2 Å². The van der Waals surface area contributed by atoms with Crippen molar-refractivity contribution < 1.29 is 19.5 Å². The quantitative estimate of drug-likeness (QED) is 0.690. The number of benzene rings is 1. The average Bonchev–Trinajstić information content (AvgIpc) is 2.89. The molecule has 0 spiro atoms. The molecule has 0 radical (unpaired) electrons. The molecule has 1 heterocycles. The van der Waals surface area contributed by atoms with Crippen molar-refractivity contribution in [1.29, 1.82) is 0 Å². The minimum Gasteiger partial charge on any atom is -0.481 e. The second kappa shape index (κ2) is 7.13. The normalized spacial score (nSPS) is 13.9. The predicted octanol–water partition coefficient (Wildman–Crippen LogP) is 1.46. The number of anilines is 1. The van der Waals surface area contributed by atoms with Gasteiger partial charge in [-0.1, -0.05) is 11.6 Å². The largest absolute Gasteiger partial charge is 0.481 e. The first-order chi connectivity index (χ1) is 10.5. The van der Waals surface area contributed by atoms with E-state index >= 15 is 0 Å². The summed E-state index contributed by atoms with van der Waals surface area (Å²) in [6.45, 7) is 1.29. The molecule has 3 amide bonds. The second-order valence-corrected chi connectivity index (χ2v) is 5.21. The Bertz CT molecular complexity index is 606. The number of rotatable bonds is 6. The van der Waals surface area contributed by atoms with Crippen LogP contribution in [0.2, 0.25) is 5.02 Å². The smallest absolute Gasteiger partial charge is 0.322 e. The summed E-state index contributed by atoms with van der Waals surface area (Å²) in [5, 5.41) is 14.2. The molecule has 1 aromatic carbocycles. The number of amides is 3. The van der Waals surface area contributed by atoms with Gasteiger partial charge in [0.25, 0.3) is 5.91 Å². The summed E-state index contributed by atoms with van der Waals surface area (Å²) in [7, 11) is 0. The van der Waals surface area contributed by atoms with Crippen molar-refractivity contribution in [2.45, 2.75) is 12.8 Å². The van der Waals surface area contributed by atoms with Crippen molar-refractivity contribution in [3.63, 3.8) is 0 Å². The van der Waals surface area contributed by atoms with E-state index in [0.717, 1.165) is 0 Å². The molecule has 1 aliphatic rings. The SMILES string of the molecule is O=C(O)CCCNC(=O)c1ccc(Cl)c(N2CCNC2=O)c1. The summed E-state index contributed by atoms with van der Waals surface area (Å²) in [5.41, 5.74) is 0.851. The van der Waals surface area contributed by atoms with Crippen molar-refractivity contribution >= 4 is 35.2 Å². The first kappa shape index (κ1) is 16.1. The fourth-order valence-corrected chi connectivity index (χ4v) is 2.33. The standard InChI is InChI=1S/C14H16ClN3O4/c15-10-4-3-9(13(21)16-5-1-2-12(19)20)8-11(10)18-7-6-17-14(18)22/h3-4,8H,1-2,5-7H2,(H,16,21)(H,17,22)(H,19,20). The predicted molar refractivity (Wildman–Crippen MR) is 81.4 cm³/mol. The van der Waals surface area contributed by atoms with Crippen LogP contribution >= 0.6 is 11.6 Å². The monoisotopic (exact) mass is 325 g/mol. The van der Waals surface area contributed by atoms with Crippen LogP contribution in [0.4, 0.5) is 10.5 Å². The molecule has 1 saturated heterocycles. The number of hydrogen-bond acceptors (Lipinski definition) is 3. The van der Waals surface area contributed by atoms with E-state index in [9.17, 15) is 14.4 Å². The Morgan fingerprint density at radius 1 is 1.41 bits per heavy atom. The molecule has 1 aromatic rings. The van der Waals surface area contributed by atoms with E-state index < -0.39 is 5.97 Å². The van der Waals surface area contributed by atoms with Gasteiger partial charge in [-0.3, -0.25) is 14.5 Å². The van der Waals surface area contributed by atoms with E-state index in [4.69, 9.17) is 16.7 Å². The third kappa shape index (κ3) is 3.88. The topological polar surface area (TPSA) is 98.7 Å². The molecule has 0 unspecified atom stereocenters. The van der Waals surface area contributed by atoms with Gasteiger partial charge in [-0.2, -0.15) is 0 Å². The van der Waals surface area contributed by atoms with Gasteiger partial charge >= 0.3 is 12.0 Å². The highest BCUT2D eigenvalue weighted by atomic mass is 35.5. The lowest BCUT2D eigenvalue weighted by molar-refractivity contribution is -0.137. The van der Waals surface area contributed by atoms with Crippen LogP contribution in [-0.2, 0) is 4.79 Å². The lowest BCUT2D eigenvalue weighted by Crippen LogP contribution is -2.29. The van der Waals surface area contributed by atoms with Crippen LogP contribution in [0, 0.1) is 0 Å². The maximum absolute atomic E-state index is 12.0. The Labute approximate surface area is 132 Å². The Morgan fingerprint density at radius 3 is 2.82 bits per heavy atom. The summed E-state index contributed by atoms with van der Waals surface area (Å²) in [6.07, 6.45) is 0.357. The molecule has 3 N–H and O–H groups in total. The zero-order valence-corrected chi connectivity index (χ0v) is 12.5. The molecule has 22 heavy (non-hydrogen) atoms. The van der Waals surface area contributed by atoms with Gasteiger partial charge in [-0.15, -0.1) is 0 Å². The molecule has 0 aromatic heterocycles. The Kier molecular flexibility index (Phi) is 5.21. The van der Waals surface area contributed by atoms with Gasteiger partial charge in [0, 0.05) is 31.6 Å². The molecule has 7 nitrogen and oxygen atoms in total. The minimum absolute atomic E-state index is 0.0000961. The van der Waals surface area contributed by atoms with Crippen molar-refractivity contribution in [1.82, 2.24) is 10.6 Å². The van der Waals surface area contributed by atoms with E-state index in [1.165, 1.54) is 4.90 Å². The number of carbonyl (C=O) groups excluding carboxylic acids is 2. The Morgan fingerprint density at radius 2 is 2.18 bits per heavy atom. The lowest BCUT2D eigenvalue weighted by Gasteiger charge is -2.17. The summed E-state index contributed by atoms with van der Waals surface area (Å²) in [6, 6.07) is 4.43. The number of carboxylic acids is 1. The number of nitrogens with zero attached hydrogens (tertiary/aromatic N) is 1. The molecule has 0 saturated carbocycles. The summed E-state index contributed by atoms with van der Waals surface area (Å²) >= 11 is 6.09. The number of aliphatic carboxylic acids is 1. The number of hydrogen-bond donors (Lipinski definition) is 3. The van der Waals surface area contributed by atoms with Crippen molar-refractivity contribution in [2.24, 2.45) is 0 Å². The third-order valence-electron chi connectivity index (χ3n) is 3.21. The van der Waals surface area contributed by atoms with Gasteiger partial charge in [0.05, 0.1) is 10.7 Å². The van der Waals surface area contributed by atoms with Crippen LogP contribution in [0.3, 0.4) is 0 Å². The first-order valence-corrected chi connectivity index (χ1v) is 7.22. The number of halogens is 1. The molecular weight excluding hydrogens is 310 g/mol. The molecule has 1 fully saturated rings. The highest BCUT2D eigenvalue weighted by Crippen LogP contribution is 2.28. The van der Waals surface area contributed by atoms with Gasteiger partial charge in [0.2, 0.25) is 0 Å². The van der Waals surface area contributed by atoms with Crippen molar-refractivity contribution in [3.05, 3.63) is 28.8 Å².